The summed E-state index contributed by atoms with van der Waals surface area (Å²) in [4.78, 5) is 16.2. The average Bonchev–Trinajstić information content (AvgIpc) is 3.17. The Morgan fingerprint density at radius 1 is 1.43 bits per heavy atom. The van der Waals surface area contributed by atoms with Gasteiger partial charge in [0.05, 0.1) is 6.04 Å². The van der Waals surface area contributed by atoms with Crippen molar-refractivity contribution in [3.63, 3.8) is 0 Å². The topological polar surface area (TPSA) is 50.5 Å². The number of aromatic nitrogens is 2. The van der Waals surface area contributed by atoms with Gasteiger partial charge in [-0.05, 0) is 29.3 Å². The molecule has 1 aliphatic heterocycles. The summed E-state index contributed by atoms with van der Waals surface area (Å²) in [7, 11) is 0. The molecule has 0 radical (unpaired) electrons. The third kappa shape index (κ3) is 2.47. The Labute approximate surface area is 121 Å². The molecule has 1 atom stereocenters. The fourth-order valence-electron chi connectivity index (χ4n) is 2.31. The molecule has 106 valence electrons. The fourth-order valence-corrected chi connectivity index (χ4v) is 2.31. The largest absolute Gasteiger partial charge is 0.350 e. The molecule has 0 fully saturated rings. The predicted octanol–water partition coefficient (Wildman–Crippen LogP) is 3.07. The van der Waals surface area contributed by atoms with Gasteiger partial charge < -0.3 is 0 Å². The van der Waals surface area contributed by atoms with E-state index in [0.29, 0.717) is 17.5 Å². The maximum atomic E-state index is 13.7. The zero-order valence-corrected chi connectivity index (χ0v) is 11.2. The molecule has 5 nitrogen and oxygen atoms in total. The van der Waals surface area contributed by atoms with Crippen molar-refractivity contribution in [3.05, 3.63) is 60.4 Å². The lowest BCUT2D eigenvalue weighted by Crippen LogP contribution is -2.30. The summed E-state index contributed by atoms with van der Waals surface area (Å²) in [5, 5.41) is 5.43. The molecule has 3 rings (SSSR count). The summed E-state index contributed by atoms with van der Waals surface area (Å²) in [6.45, 7) is 3.64. The lowest BCUT2D eigenvalue weighted by molar-refractivity contribution is 0.187. The zero-order valence-electron chi connectivity index (χ0n) is 11.2. The standard InChI is InChI=1S/C15H13FN4O/c1-2-11-7-12(9-13(16)8-11)14-3-4-18-20(14)15(21)19-6-5-17-10-19/h2,4-10,14H,1,3H2/t14-/m0/s1. The van der Waals surface area contributed by atoms with Gasteiger partial charge in [0, 0.05) is 25.0 Å². The average molecular weight is 284 g/mol. The molecule has 0 N–H and O–H groups in total. The molecule has 1 aromatic heterocycles. The van der Waals surface area contributed by atoms with Crippen LogP contribution in [0.3, 0.4) is 0 Å². The Kier molecular flexibility index (Phi) is 3.35. The molecule has 0 aliphatic carbocycles. The monoisotopic (exact) mass is 284 g/mol. The van der Waals surface area contributed by atoms with Crippen molar-refractivity contribution in [1.29, 1.82) is 0 Å². The normalized spacial score (nSPS) is 17.2. The van der Waals surface area contributed by atoms with Crippen LogP contribution in [0.2, 0.25) is 0 Å². The molecule has 0 saturated heterocycles. The molecular formula is C15H13FN4O. The summed E-state index contributed by atoms with van der Waals surface area (Å²) in [6.07, 6.45) is 8.25. The summed E-state index contributed by atoms with van der Waals surface area (Å²) in [5.74, 6) is -0.357. The predicted molar refractivity (Wildman–Crippen MR) is 77.2 cm³/mol. The van der Waals surface area contributed by atoms with Crippen LogP contribution >= 0.6 is 0 Å². The van der Waals surface area contributed by atoms with E-state index in [1.807, 2.05) is 6.07 Å². The van der Waals surface area contributed by atoms with Crippen LogP contribution in [-0.4, -0.2) is 26.8 Å². The van der Waals surface area contributed by atoms with Gasteiger partial charge in [0.2, 0.25) is 0 Å². The molecular weight excluding hydrogens is 271 g/mol. The van der Waals surface area contributed by atoms with E-state index >= 15 is 0 Å². The highest BCUT2D eigenvalue weighted by Gasteiger charge is 2.29. The van der Waals surface area contributed by atoms with Gasteiger partial charge in [-0.15, -0.1) is 0 Å². The minimum absolute atomic E-state index is 0.323. The van der Waals surface area contributed by atoms with Gasteiger partial charge in [0.1, 0.15) is 12.1 Å². The molecule has 0 spiro atoms. The van der Waals surface area contributed by atoms with Crippen LogP contribution in [0.5, 0.6) is 0 Å². The number of carbonyl (C=O) groups is 1. The Morgan fingerprint density at radius 2 is 2.29 bits per heavy atom. The van der Waals surface area contributed by atoms with Crippen LogP contribution in [0.1, 0.15) is 23.6 Å². The van der Waals surface area contributed by atoms with E-state index in [1.54, 1.807) is 18.5 Å². The van der Waals surface area contributed by atoms with Crippen molar-refractivity contribution in [3.8, 4) is 0 Å². The second-order valence-electron chi connectivity index (χ2n) is 4.67. The lowest BCUT2D eigenvalue weighted by Gasteiger charge is -2.22. The van der Waals surface area contributed by atoms with Crippen LogP contribution in [0.15, 0.2) is 48.6 Å². The molecule has 2 heterocycles. The lowest BCUT2D eigenvalue weighted by atomic mass is 10.0. The van der Waals surface area contributed by atoms with Crippen molar-refractivity contribution in [2.24, 2.45) is 5.10 Å². The number of rotatable bonds is 2. The smallest absolute Gasteiger partial charge is 0.257 e. The number of hydrazone groups is 1. The Hall–Kier alpha value is -2.76. The van der Waals surface area contributed by atoms with Crippen LogP contribution in [0.25, 0.3) is 6.08 Å². The van der Waals surface area contributed by atoms with Gasteiger partial charge >= 0.3 is 6.03 Å². The minimum Gasteiger partial charge on any atom is -0.257 e. The number of nitrogens with zero attached hydrogens (tertiary/aromatic N) is 4. The minimum atomic E-state index is -0.357. The summed E-state index contributed by atoms with van der Waals surface area (Å²) in [5.41, 5.74) is 1.36. The molecule has 1 aliphatic rings. The number of benzene rings is 1. The first kappa shape index (κ1) is 13.2. The first-order valence-electron chi connectivity index (χ1n) is 6.46. The molecule has 1 amide bonds. The van der Waals surface area contributed by atoms with Crippen LogP contribution < -0.4 is 0 Å². The molecule has 21 heavy (non-hydrogen) atoms. The van der Waals surface area contributed by atoms with Gasteiger partial charge in [0.15, 0.2) is 0 Å². The van der Waals surface area contributed by atoms with E-state index < -0.39 is 0 Å². The number of carbonyl (C=O) groups excluding carboxylic acids is 1. The third-order valence-electron chi connectivity index (χ3n) is 3.31. The summed E-state index contributed by atoms with van der Waals surface area (Å²) >= 11 is 0. The van der Waals surface area contributed by atoms with Gasteiger partial charge in [0.25, 0.3) is 0 Å². The Morgan fingerprint density at radius 3 is 3.00 bits per heavy atom. The van der Waals surface area contributed by atoms with E-state index in [0.717, 1.165) is 0 Å². The van der Waals surface area contributed by atoms with Crippen molar-refractivity contribution in [1.82, 2.24) is 14.6 Å². The quantitative estimate of drug-likeness (QED) is 0.851. The summed E-state index contributed by atoms with van der Waals surface area (Å²) in [6, 6.07) is 3.98. The van der Waals surface area contributed by atoms with E-state index in [2.05, 4.69) is 16.7 Å². The van der Waals surface area contributed by atoms with E-state index in [-0.39, 0.29) is 17.9 Å². The Balaban J connectivity index is 1.93. The highest BCUT2D eigenvalue weighted by molar-refractivity contribution is 5.80. The maximum Gasteiger partial charge on any atom is 0.350 e. The molecule has 0 bridgehead atoms. The fraction of sp³-hybridized carbons (Fsp3) is 0.133. The summed E-state index contributed by atoms with van der Waals surface area (Å²) < 4.78 is 15.0. The maximum absolute atomic E-state index is 13.7. The van der Waals surface area contributed by atoms with Crippen LogP contribution in [0, 0.1) is 5.82 Å². The van der Waals surface area contributed by atoms with Crippen molar-refractivity contribution in [2.45, 2.75) is 12.5 Å². The van der Waals surface area contributed by atoms with Gasteiger partial charge in [-0.25, -0.2) is 19.2 Å². The van der Waals surface area contributed by atoms with E-state index in [4.69, 9.17) is 0 Å². The molecule has 1 aromatic carbocycles. The number of amides is 1. The van der Waals surface area contributed by atoms with Crippen molar-refractivity contribution >= 4 is 18.3 Å². The van der Waals surface area contributed by atoms with Gasteiger partial charge in [-0.3, -0.25) is 4.57 Å². The number of imidazole rings is 1. The number of hydrogen-bond donors (Lipinski definition) is 0. The van der Waals surface area contributed by atoms with Gasteiger partial charge in [-0.2, -0.15) is 5.10 Å². The molecule has 6 heteroatoms. The SMILES string of the molecule is C=Cc1cc(F)cc([C@@H]2CC=NN2C(=O)n2ccnc2)c1. The number of hydrogen-bond acceptors (Lipinski definition) is 3. The van der Waals surface area contributed by atoms with Crippen LogP contribution in [0.4, 0.5) is 9.18 Å². The number of halogens is 1. The van der Waals surface area contributed by atoms with Crippen molar-refractivity contribution < 1.29 is 9.18 Å². The van der Waals surface area contributed by atoms with Gasteiger partial charge in [-0.1, -0.05) is 12.7 Å². The first-order valence-corrected chi connectivity index (χ1v) is 6.46. The third-order valence-corrected chi connectivity index (χ3v) is 3.31. The highest BCUT2D eigenvalue weighted by Crippen LogP contribution is 2.30. The molecule has 0 unspecified atom stereocenters. The van der Waals surface area contributed by atoms with Crippen LogP contribution in [-0.2, 0) is 0 Å². The molecule has 0 saturated carbocycles. The van der Waals surface area contributed by atoms with E-state index in [9.17, 15) is 9.18 Å². The molecule has 2 aromatic rings. The van der Waals surface area contributed by atoms with Crippen molar-refractivity contribution in [2.75, 3.05) is 0 Å². The Bertz CT molecular complexity index is 708. The second-order valence-corrected chi connectivity index (χ2v) is 4.67. The van der Waals surface area contributed by atoms with E-state index in [1.165, 1.54) is 34.2 Å². The highest BCUT2D eigenvalue weighted by atomic mass is 19.1. The second kappa shape index (κ2) is 5.32. The first-order chi connectivity index (χ1) is 10.2. The zero-order chi connectivity index (χ0) is 14.8.